The lowest BCUT2D eigenvalue weighted by Crippen LogP contribution is -2.34. The summed E-state index contributed by atoms with van der Waals surface area (Å²) in [6, 6.07) is 3.07. The Bertz CT molecular complexity index is 536. The van der Waals surface area contributed by atoms with Gasteiger partial charge in [-0.2, -0.15) is 13.2 Å². The second kappa shape index (κ2) is 5.48. The Morgan fingerprint density at radius 1 is 1.14 bits per heavy atom. The van der Waals surface area contributed by atoms with Crippen LogP contribution in [0.25, 0.3) is 0 Å². The minimum atomic E-state index is -4.13. The van der Waals surface area contributed by atoms with Crippen molar-refractivity contribution in [2.24, 2.45) is 5.92 Å². The SMILES string of the molecule is FC(F)(F)C1CCCC(Nc2cc3c(cc2Cl)OCO3)C1. The van der Waals surface area contributed by atoms with Crippen molar-refractivity contribution in [1.29, 1.82) is 0 Å². The average molecular weight is 322 g/mol. The van der Waals surface area contributed by atoms with Crippen LogP contribution in [0, 0.1) is 5.92 Å². The third-order valence-electron chi connectivity index (χ3n) is 3.96. The molecule has 0 amide bonds. The molecule has 1 aromatic carbocycles. The molecule has 7 heteroatoms. The number of halogens is 4. The number of hydrogen-bond acceptors (Lipinski definition) is 3. The van der Waals surface area contributed by atoms with E-state index in [2.05, 4.69) is 5.32 Å². The largest absolute Gasteiger partial charge is 0.454 e. The molecule has 3 rings (SSSR count). The van der Waals surface area contributed by atoms with Gasteiger partial charge in [0.2, 0.25) is 6.79 Å². The summed E-state index contributed by atoms with van der Waals surface area (Å²) in [5.74, 6) is -0.121. The highest BCUT2D eigenvalue weighted by molar-refractivity contribution is 6.33. The quantitative estimate of drug-likeness (QED) is 0.863. The maximum atomic E-state index is 12.8. The monoisotopic (exact) mass is 321 g/mol. The minimum absolute atomic E-state index is 0.0776. The molecule has 2 aliphatic rings. The second-order valence-corrected chi connectivity index (χ2v) is 5.84. The molecule has 1 aromatic rings. The van der Waals surface area contributed by atoms with Crippen LogP contribution in [-0.2, 0) is 0 Å². The third-order valence-corrected chi connectivity index (χ3v) is 4.27. The lowest BCUT2D eigenvalue weighted by molar-refractivity contribution is -0.182. The number of anilines is 1. The lowest BCUT2D eigenvalue weighted by Gasteiger charge is -2.31. The maximum Gasteiger partial charge on any atom is 0.391 e. The highest BCUT2D eigenvalue weighted by Crippen LogP contribution is 2.42. The van der Waals surface area contributed by atoms with Gasteiger partial charge in [-0.25, -0.2) is 0 Å². The van der Waals surface area contributed by atoms with Crippen LogP contribution in [0.4, 0.5) is 18.9 Å². The highest BCUT2D eigenvalue weighted by atomic mass is 35.5. The summed E-state index contributed by atoms with van der Waals surface area (Å²) in [6.07, 6.45) is -2.58. The lowest BCUT2D eigenvalue weighted by atomic mass is 9.85. The normalized spacial score (nSPS) is 25.0. The summed E-state index contributed by atoms with van der Waals surface area (Å²) in [6.45, 7) is 0.134. The summed E-state index contributed by atoms with van der Waals surface area (Å²) in [7, 11) is 0. The molecular formula is C14H15ClF3NO2. The van der Waals surface area contributed by atoms with Crippen LogP contribution in [0.2, 0.25) is 5.02 Å². The summed E-state index contributed by atoms with van der Waals surface area (Å²) >= 11 is 6.13. The van der Waals surface area contributed by atoms with Crippen molar-refractivity contribution in [3.05, 3.63) is 17.2 Å². The molecule has 3 nitrogen and oxygen atoms in total. The zero-order valence-corrected chi connectivity index (χ0v) is 11.9. The van der Waals surface area contributed by atoms with Crippen LogP contribution in [0.1, 0.15) is 25.7 Å². The van der Waals surface area contributed by atoms with Crippen LogP contribution >= 0.6 is 11.6 Å². The summed E-state index contributed by atoms with van der Waals surface area (Å²) in [5, 5.41) is 3.54. The van der Waals surface area contributed by atoms with Crippen LogP contribution in [-0.4, -0.2) is 19.0 Å². The van der Waals surface area contributed by atoms with E-state index in [1.807, 2.05) is 0 Å². The predicted octanol–water partition coefficient (Wildman–Crippen LogP) is 4.60. The molecule has 1 saturated carbocycles. The third kappa shape index (κ3) is 3.15. The first kappa shape index (κ1) is 14.6. The fraction of sp³-hybridized carbons (Fsp3) is 0.571. The molecule has 2 atom stereocenters. The van der Waals surface area contributed by atoms with Gasteiger partial charge in [-0.1, -0.05) is 18.0 Å². The number of rotatable bonds is 2. The Balaban J connectivity index is 1.72. The number of fused-ring (bicyclic) bond motifs is 1. The van der Waals surface area contributed by atoms with Crippen molar-refractivity contribution in [3.8, 4) is 11.5 Å². The number of benzene rings is 1. The van der Waals surface area contributed by atoms with Crippen molar-refractivity contribution >= 4 is 17.3 Å². The number of ether oxygens (including phenoxy) is 2. The highest BCUT2D eigenvalue weighted by Gasteiger charge is 2.42. The van der Waals surface area contributed by atoms with Crippen LogP contribution in [0.15, 0.2) is 12.1 Å². The molecule has 0 saturated heterocycles. The van der Waals surface area contributed by atoms with Gasteiger partial charge in [-0.05, 0) is 19.3 Å². The summed E-state index contributed by atoms with van der Waals surface area (Å²) in [5.41, 5.74) is 0.591. The van der Waals surface area contributed by atoms with Gasteiger partial charge < -0.3 is 14.8 Å². The van der Waals surface area contributed by atoms with Crippen LogP contribution in [0.3, 0.4) is 0 Å². The summed E-state index contributed by atoms with van der Waals surface area (Å²) in [4.78, 5) is 0. The van der Waals surface area contributed by atoms with E-state index < -0.39 is 12.1 Å². The van der Waals surface area contributed by atoms with Crippen molar-refractivity contribution in [2.45, 2.75) is 37.9 Å². The van der Waals surface area contributed by atoms with E-state index >= 15 is 0 Å². The molecular weight excluding hydrogens is 307 g/mol. The van der Waals surface area contributed by atoms with Gasteiger partial charge in [0, 0.05) is 18.2 Å². The van der Waals surface area contributed by atoms with Crippen molar-refractivity contribution in [2.75, 3.05) is 12.1 Å². The Labute approximate surface area is 125 Å². The number of hydrogen-bond donors (Lipinski definition) is 1. The van der Waals surface area contributed by atoms with Crippen molar-refractivity contribution < 1.29 is 22.6 Å². The van der Waals surface area contributed by atoms with E-state index in [4.69, 9.17) is 21.1 Å². The van der Waals surface area contributed by atoms with Gasteiger partial charge in [-0.15, -0.1) is 0 Å². The maximum absolute atomic E-state index is 12.8. The first-order valence-corrected chi connectivity index (χ1v) is 7.23. The van der Waals surface area contributed by atoms with Gasteiger partial charge in [0.1, 0.15) is 0 Å². The predicted molar refractivity (Wildman–Crippen MR) is 73.0 cm³/mol. The van der Waals surface area contributed by atoms with E-state index in [0.717, 1.165) is 0 Å². The van der Waals surface area contributed by atoms with Crippen LogP contribution < -0.4 is 14.8 Å². The average Bonchev–Trinajstić information content (AvgIpc) is 2.85. The molecule has 116 valence electrons. The van der Waals surface area contributed by atoms with E-state index in [-0.39, 0.29) is 25.7 Å². The Hall–Kier alpha value is -1.30. The van der Waals surface area contributed by atoms with E-state index in [0.29, 0.717) is 35.1 Å². The molecule has 1 fully saturated rings. The molecule has 1 heterocycles. The van der Waals surface area contributed by atoms with E-state index in [9.17, 15) is 13.2 Å². The molecule has 0 spiro atoms. The van der Waals surface area contributed by atoms with Gasteiger partial charge in [0.25, 0.3) is 0 Å². The Morgan fingerprint density at radius 2 is 1.86 bits per heavy atom. The molecule has 1 aliphatic carbocycles. The molecule has 1 N–H and O–H groups in total. The number of alkyl halides is 3. The van der Waals surface area contributed by atoms with Crippen molar-refractivity contribution in [3.63, 3.8) is 0 Å². The van der Waals surface area contributed by atoms with E-state index in [1.165, 1.54) is 0 Å². The molecule has 21 heavy (non-hydrogen) atoms. The molecule has 2 unspecified atom stereocenters. The first-order valence-electron chi connectivity index (χ1n) is 6.86. The van der Waals surface area contributed by atoms with Gasteiger partial charge >= 0.3 is 6.18 Å². The molecule has 0 bridgehead atoms. The summed E-state index contributed by atoms with van der Waals surface area (Å²) < 4.78 is 48.9. The Morgan fingerprint density at radius 3 is 2.57 bits per heavy atom. The van der Waals surface area contributed by atoms with Gasteiger partial charge in [0.05, 0.1) is 16.6 Å². The zero-order chi connectivity index (χ0) is 15.0. The van der Waals surface area contributed by atoms with E-state index in [1.54, 1.807) is 12.1 Å². The Kier molecular flexibility index (Phi) is 3.82. The number of nitrogens with one attached hydrogen (secondary N) is 1. The van der Waals surface area contributed by atoms with Crippen LogP contribution in [0.5, 0.6) is 11.5 Å². The fourth-order valence-electron chi connectivity index (χ4n) is 2.87. The standard InChI is InChI=1S/C14H15ClF3NO2/c15-10-5-12-13(21-7-20-12)6-11(10)19-9-3-1-2-8(4-9)14(16,17)18/h5-6,8-9,19H,1-4,7H2. The van der Waals surface area contributed by atoms with Crippen molar-refractivity contribution in [1.82, 2.24) is 0 Å². The second-order valence-electron chi connectivity index (χ2n) is 5.43. The molecule has 0 radical (unpaired) electrons. The molecule has 0 aromatic heterocycles. The topological polar surface area (TPSA) is 30.5 Å². The minimum Gasteiger partial charge on any atom is -0.454 e. The van der Waals surface area contributed by atoms with Gasteiger partial charge in [-0.3, -0.25) is 0 Å². The fourth-order valence-corrected chi connectivity index (χ4v) is 3.07. The smallest absolute Gasteiger partial charge is 0.391 e. The van der Waals surface area contributed by atoms with Gasteiger partial charge in [0.15, 0.2) is 11.5 Å². The first-order chi connectivity index (χ1) is 9.93. The molecule has 1 aliphatic heterocycles. The zero-order valence-electron chi connectivity index (χ0n) is 11.2.